The minimum Gasteiger partial charge on any atom is -0.508 e. The second kappa shape index (κ2) is 5.20. The predicted octanol–water partition coefficient (Wildman–Crippen LogP) is 2.71. The zero-order valence-electron chi connectivity index (χ0n) is 13.5. The molecule has 0 bridgehead atoms. The minimum atomic E-state index is -0.618. The number of ketones is 1. The van der Waals surface area contributed by atoms with Crippen molar-refractivity contribution in [2.45, 2.75) is 31.6 Å². The fourth-order valence-corrected chi connectivity index (χ4v) is 4.82. The average molecular weight is 321 g/mol. The van der Waals surface area contributed by atoms with Crippen molar-refractivity contribution in [2.75, 3.05) is 0 Å². The number of carbonyl (C=O) groups excluding carboxylic acids is 1. The lowest BCUT2D eigenvalue weighted by molar-refractivity contribution is -0.131. The molecule has 0 radical (unpaired) electrons. The smallest absolute Gasteiger partial charge is 0.153 e. The number of benzene rings is 1. The fraction of sp³-hybridized carbons (Fsp3) is 0.421. The van der Waals surface area contributed by atoms with Gasteiger partial charge in [-0.2, -0.15) is 10.4 Å². The highest BCUT2D eigenvalue weighted by atomic mass is 16.3. The highest BCUT2D eigenvalue weighted by Gasteiger charge is 2.56. The van der Waals surface area contributed by atoms with Crippen molar-refractivity contribution >= 4 is 5.78 Å². The molecule has 1 fully saturated rings. The van der Waals surface area contributed by atoms with Crippen LogP contribution in [0.2, 0.25) is 0 Å². The largest absolute Gasteiger partial charge is 0.508 e. The summed E-state index contributed by atoms with van der Waals surface area (Å²) in [6, 6.07) is 9.36. The Balaban J connectivity index is 1.97. The van der Waals surface area contributed by atoms with Gasteiger partial charge in [0.25, 0.3) is 0 Å². The summed E-state index contributed by atoms with van der Waals surface area (Å²) in [7, 11) is 0. The van der Waals surface area contributed by atoms with Gasteiger partial charge in [0.05, 0.1) is 11.8 Å². The quantitative estimate of drug-likeness (QED) is 0.845. The van der Waals surface area contributed by atoms with Crippen LogP contribution in [-0.4, -0.2) is 21.1 Å². The van der Waals surface area contributed by atoms with Crippen molar-refractivity contribution in [3.63, 3.8) is 0 Å². The topological polar surface area (TPSA) is 89.8 Å². The summed E-state index contributed by atoms with van der Waals surface area (Å²) < 4.78 is 0. The molecule has 2 aromatic rings. The van der Waals surface area contributed by atoms with E-state index in [0.717, 1.165) is 29.7 Å². The molecular formula is C19H19N3O2. The highest BCUT2D eigenvalue weighted by molar-refractivity contribution is 5.87. The molecule has 4 atom stereocenters. The number of aryl methyl sites for hydroxylation is 1. The van der Waals surface area contributed by atoms with Gasteiger partial charge in [-0.05, 0) is 48.4 Å². The summed E-state index contributed by atoms with van der Waals surface area (Å²) in [5, 5.41) is 26.7. The maximum Gasteiger partial charge on any atom is 0.153 e. The van der Waals surface area contributed by atoms with E-state index in [1.807, 2.05) is 25.3 Å². The van der Waals surface area contributed by atoms with E-state index in [9.17, 15) is 15.2 Å². The number of nitrogens with zero attached hydrogens (tertiary/aromatic N) is 2. The second-order valence-electron chi connectivity index (χ2n) is 7.00. The Kier molecular flexibility index (Phi) is 3.24. The Morgan fingerprint density at radius 1 is 1.38 bits per heavy atom. The molecule has 1 aromatic heterocycles. The van der Waals surface area contributed by atoms with Crippen LogP contribution in [0.25, 0.3) is 0 Å². The molecule has 2 aliphatic carbocycles. The second-order valence-corrected chi connectivity index (χ2v) is 7.00. The molecule has 24 heavy (non-hydrogen) atoms. The van der Waals surface area contributed by atoms with Crippen molar-refractivity contribution < 1.29 is 9.90 Å². The van der Waals surface area contributed by atoms with Crippen LogP contribution >= 0.6 is 0 Å². The van der Waals surface area contributed by atoms with Crippen molar-refractivity contribution in [1.82, 2.24) is 10.2 Å². The molecule has 0 spiro atoms. The molecule has 5 heteroatoms. The molecule has 0 amide bonds. The van der Waals surface area contributed by atoms with Gasteiger partial charge in [0.1, 0.15) is 11.7 Å². The van der Waals surface area contributed by atoms with Crippen molar-refractivity contribution in [3.8, 4) is 11.8 Å². The first-order valence-corrected chi connectivity index (χ1v) is 8.34. The zero-order valence-corrected chi connectivity index (χ0v) is 13.5. The third kappa shape index (κ3) is 1.86. The number of carbonyl (C=O) groups is 1. The number of aromatic nitrogens is 2. The Morgan fingerprint density at radius 2 is 2.12 bits per heavy atom. The van der Waals surface area contributed by atoms with Gasteiger partial charge in [-0.25, -0.2) is 0 Å². The lowest BCUT2D eigenvalue weighted by Gasteiger charge is -2.50. The van der Waals surface area contributed by atoms with Crippen molar-refractivity contribution in [1.29, 1.82) is 5.26 Å². The lowest BCUT2D eigenvalue weighted by Crippen LogP contribution is -2.52. The summed E-state index contributed by atoms with van der Waals surface area (Å²) in [5.74, 6) is -0.415. The molecule has 1 heterocycles. The maximum absolute atomic E-state index is 12.6. The van der Waals surface area contributed by atoms with E-state index in [2.05, 4.69) is 16.3 Å². The van der Waals surface area contributed by atoms with Gasteiger partial charge in [0.15, 0.2) is 5.78 Å². The van der Waals surface area contributed by atoms with Gasteiger partial charge in [-0.3, -0.25) is 9.89 Å². The summed E-state index contributed by atoms with van der Waals surface area (Å²) >= 11 is 0. The van der Waals surface area contributed by atoms with Crippen LogP contribution in [0.15, 0.2) is 30.5 Å². The maximum atomic E-state index is 12.6. The SMILES string of the molecule is C[C@@H]1C(=O)C(C#N)C[C@]2(c3ccc(O)cc3)c3n[nH]cc3CC[C@@H]12. The number of fused-ring (bicyclic) bond motifs is 3. The first-order chi connectivity index (χ1) is 11.6. The number of aromatic hydroxyl groups is 1. The predicted molar refractivity (Wildman–Crippen MR) is 87.2 cm³/mol. The molecule has 122 valence electrons. The van der Waals surface area contributed by atoms with Gasteiger partial charge in [0.2, 0.25) is 0 Å². The molecule has 1 aromatic carbocycles. The zero-order chi connectivity index (χ0) is 16.9. The number of phenolic OH excluding ortho intramolecular Hbond substituents is 1. The molecule has 1 saturated carbocycles. The Bertz CT molecular complexity index is 833. The van der Waals surface area contributed by atoms with E-state index in [1.54, 1.807) is 12.1 Å². The van der Waals surface area contributed by atoms with Crippen LogP contribution in [0, 0.1) is 29.1 Å². The Labute approximate surface area is 140 Å². The molecule has 5 nitrogen and oxygen atoms in total. The summed E-state index contributed by atoms with van der Waals surface area (Å²) in [5.41, 5.74) is 2.70. The third-order valence-corrected chi connectivity index (χ3v) is 5.96. The number of hydrogen-bond acceptors (Lipinski definition) is 4. The van der Waals surface area contributed by atoms with E-state index < -0.39 is 11.3 Å². The van der Waals surface area contributed by atoms with Crippen molar-refractivity contribution in [3.05, 3.63) is 47.3 Å². The van der Waals surface area contributed by atoms with Crippen LogP contribution < -0.4 is 0 Å². The minimum absolute atomic E-state index is 0.0517. The molecule has 1 unspecified atom stereocenters. The number of H-pyrrole nitrogens is 1. The number of nitriles is 1. The molecule has 0 aliphatic heterocycles. The van der Waals surface area contributed by atoms with E-state index in [0.29, 0.717) is 6.42 Å². The van der Waals surface area contributed by atoms with Gasteiger partial charge in [0, 0.05) is 17.5 Å². The fourth-order valence-electron chi connectivity index (χ4n) is 4.82. The van der Waals surface area contributed by atoms with Crippen LogP contribution in [-0.2, 0) is 16.6 Å². The van der Waals surface area contributed by atoms with Gasteiger partial charge in [-0.15, -0.1) is 0 Å². The molecule has 4 rings (SSSR count). The average Bonchev–Trinajstić information content (AvgIpc) is 3.08. The Morgan fingerprint density at radius 3 is 2.83 bits per heavy atom. The number of Topliss-reactive ketones (excluding diaryl/α,β-unsaturated/α-hetero) is 1. The Hall–Kier alpha value is -2.61. The normalized spacial score (nSPS) is 31.8. The van der Waals surface area contributed by atoms with Gasteiger partial charge in [-0.1, -0.05) is 19.1 Å². The van der Waals surface area contributed by atoms with E-state index in [4.69, 9.17) is 0 Å². The molecule has 2 aliphatic rings. The van der Waals surface area contributed by atoms with Gasteiger partial charge < -0.3 is 5.11 Å². The number of phenols is 1. The van der Waals surface area contributed by atoms with E-state index in [1.165, 1.54) is 0 Å². The summed E-state index contributed by atoms with van der Waals surface area (Å²) in [6.07, 6.45) is 4.18. The molecule has 0 saturated heterocycles. The number of aromatic amines is 1. The van der Waals surface area contributed by atoms with Crippen LogP contribution in [0.1, 0.15) is 36.6 Å². The van der Waals surface area contributed by atoms with Crippen LogP contribution in [0.4, 0.5) is 0 Å². The number of hydrogen-bond donors (Lipinski definition) is 2. The number of rotatable bonds is 1. The first-order valence-electron chi connectivity index (χ1n) is 8.34. The lowest BCUT2D eigenvalue weighted by atomic mass is 9.51. The summed E-state index contributed by atoms with van der Waals surface area (Å²) in [6.45, 7) is 1.95. The molecular weight excluding hydrogens is 302 g/mol. The van der Waals surface area contributed by atoms with Crippen LogP contribution in [0.5, 0.6) is 5.75 Å². The first kappa shape index (κ1) is 14.9. The van der Waals surface area contributed by atoms with Gasteiger partial charge >= 0.3 is 0 Å². The van der Waals surface area contributed by atoms with Crippen molar-refractivity contribution in [2.24, 2.45) is 17.8 Å². The van der Waals surface area contributed by atoms with E-state index >= 15 is 0 Å². The van der Waals surface area contributed by atoms with Crippen LogP contribution in [0.3, 0.4) is 0 Å². The van der Waals surface area contributed by atoms with E-state index in [-0.39, 0.29) is 23.4 Å². The molecule has 2 N–H and O–H groups in total. The standard InChI is InChI=1S/C19H19N3O2/c1-11-16-7-2-12-10-21-22-18(12)19(16,8-13(9-20)17(11)24)14-3-5-15(23)6-4-14/h3-6,10-11,13,16,23H,2,7-8H2,1H3,(H,21,22)/t11-,13?,16-,19+/m0/s1. The highest BCUT2D eigenvalue weighted by Crippen LogP contribution is 2.55. The summed E-state index contributed by atoms with van der Waals surface area (Å²) in [4.78, 5) is 12.6. The number of nitrogens with one attached hydrogen (secondary N) is 1. The monoisotopic (exact) mass is 321 g/mol. The third-order valence-electron chi connectivity index (χ3n) is 5.96.